The van der Waals surface area contributed by atoms with Gasteiger partial charge in [0, 0.05) is 11.4 Å². The average molecular weight is 423 g/mol. The molecule has 2 aliphatic rings. The topological polar surface area (TPSA) is 95.6 Å². The van der Waals surface area contributed by atoms with E-state index < -0.39 is 11.9 Å². The van der Waals surface area contributed by atoms with Gasteiger partial charge < -0.3 is 10.6 Å². The highest BCUT2D eigenvalue weighted by atomic mass is 32.1. The van der Waals surface area contributed by atoms with Crippen LogP contribution in [0.5, 0.6) is 0 Å². The Bertz CT molecular complexity index is 1000. The van der Waals surface area contributed by atoms with Crippen molar-refractivity contribution in [3.8, 4) is 0 Å². The third-order valence-electron chi connectivity index (χ3n) is 5.44. The van der Waals surface area contributed by atoms with E-state index in [4.69, 9.17) is 0 Å². The zero-order valence-electron chi connectivity index (χ0n) is 16.3. The van der Waals surface area contributed by atoms with Crippen LogP contribution in [0.3, 0.4) is 0 Å². The lowest BCUT2D eigenvalue weighted by Crippen LogP contribution is -2.46. The summed E-state index contributed by atoms with van der Waals surface area (Å²) in [5.41, 5.74) is 0.998. The van der Waals surface area contributed by atoms with Crippen LogP contribution in [-0.4, -0.2) is 34.6 Å². The molecule has 1 aromatic carbocycles. The van der Waals surface area contributed by atoms with Gasteiger partial charge in [-0.2, -0.15) is 0 Å². The first kappa shape index (κ1) is 20.0. The van der Waals surface area contributed by atoms with E-state index in [2.05, 4.69) is 10.6 Å². The number of hydrogen-bond donors (Lipinski definition) is 2. The van der Waals surface area contributed by atoms with Crippen LogP contribution in [0.25, 0.3) is 0 Å². The molecule has 3 atom stereocenters. The van der Waals surface area contributed by atoms with Crippen molar-refractivity contribution in [1.82, 2.24) is 4.90 Å². The lowest BCUT2D eigenvalue weighted by molar-refractivity contribution is -0.146. The molecule has 7 nitrogen and oxygen atoms in total. The van der Waals surface area contributed by atoms with Crippen molar-refractivity contribution in [2.24, 2.45) is 11.8 Å². The molecule has 2 heterocycles. The minimum absolute atomic E-state index is 0.230. The normalized spacial score (nSPS) is 21.3. The molecule has 4 rings (SSSR count). The van der Waals surface area contributed by atoms with Crippen molar-refractivity contribution in [2.45, 2.75) is 25.8 Å². The number of amides is 4. The minimum atomic E-state index is -0.917. The second-order valence-corrected chi connectivity index (χ2v) is 8.33. The zero-order chi connectivity index (χ0) is 21.3. The van der Waals surface area contributed by atoms with E-state index in [1.54, 1.807) is 43.3 Å². The first-order valence-corrected chi connectivity index (χ1v) is 10.6. The molecule has 1 aliphatic carbocycles. The summed E-state index contributed by atoms with van der Waals surface area (Å²) in [5.74, 6) is -1.98. The second kappa shape index (κ2) is 8.23. The number of likely N-dealkylation sites (tertiary alicyclic amines) is 1. The SMILES string of the molecule is C[C@H](C(=O)Nc1cccc(NC(=O)c2cccs2)c1)N1C(=O)[C@H]2CC=CC[C@@H]2C1=O. The largest absolute Gasteiger partial charge is 0.324 e. The van der Waals surface area contributed by atoms with Crippen LogP contribution >= 0.6 is 11.3 Å². The fraction of sp³-hybridized carbons (Fsp3) is 0.273. The molecular formula is C22H21N3O4S. The van der Waals surface area contributed by atoms with Crippen molar-refractivity contribution in [3.05, 3.63) is 58.8 Å². The number of nitrogens with zero attached hydrogens (tertiary/aromatic N) is 1. The molecule has 1 aromatic heterocycles. The molecule has 1 aliphatic heterocycles. The van der Waals surface area contributed by atoms with Crippen LogP contribution in [0.2, 0.25) is 0 Å². The number of carbonyl (C=O) groups excluding carboxylic acids is 4. The van der Waals surface area contributed by atoms with E-state index >= 15 is 0 Å². The Morgan fingerprint density at radius 2 is 1.63 bits per heavy atom. The van der Waals surface area contributed by atoms with Gasteiger partial charge in [0.25, 0.3) is 5.91 Å². The van der Waals surface area contributed by atoms with Gasteiger partial charge in [0.05, 0.1) is 16.7 Å². The summed E-state index contributed by atoms with van der Waals surface area (Å²) >= 11 is 1.34. The molecule has 1 saturated heterocycles. The van der Waals surface area contributed by atoms with Gasteiger partial charge in [0.2, 0.25) is 17.7 Å². The molecule has 0 spiro atoms. The molecule has 0 radical (unpaired) electrons. The smallest absolute Gasteiger partial charge is 0.265 e. The number of nitrogens with one attached hydrogen (secondary N) is 2. The van der Waals surface area contributed by atoms with Gasteiger partial charge >= 0.3 is 0 Å². The van der Waals surface area contributed by atoms with Crippen molar-refractivity contribution >= 4 is 46.3 Å². The summed E-state index contributed by atoms with van der Waals surface area (Å²) in [6.07, 6.45) is 4.89. The van der Waals surface area contributed by atoms with Crippen LogP contribution in [0, 0.1) is 11.8 Å². The lowest BCUT2D eigenvalue weighted by atomic mass is 9.85. The van der Waals surface area contributed by atoms with Gasteiger partial charge in [0.1, 0.15) is 6.04 Å². The monoisotopic (exact) mass is 423 g/mol. The van der Waals surface area contributed by atoms with E-state index in [0.29, 0.717) is 29.1 Å². The number of hydrogen-bond acceptors (Lipinski definition) is 5. The molecular weight excluding hydrogens is 402 g/mol. The number of imide groups is 1. The lowest BCUT2D eigenvalue weighted by Gasteiger charge is -2.22. The summed E-state index contributed by atoms with van der Waals surface area (Å²) < 4.78 is 0. The summed E-state index contributed by atoms with van der Waals surface area (Å²) in [6.45, 7) is 1.55. The maximum atomic E-state index is 12.8. The summed E-state index contributed by atoms with van der Waals surface area (Å²) in [7, 11) is 0. The number of benzene rings is 1. The van der Waals surface area contributed by atoms with Crippen LogP contribution in [-0.2, 0) is 14.4 Å². The highest BCUT2D eigenvalue weighted by Gasteiger charge is 2.50. The van der Waals surface area contributed by atoms with E-state index in [1.807, 2.05) is 17.5 Å². The molecule has 0 bridgehead atoms. The van der Waals surface area contributed by atoms with Crippen molar-refractivity contribution in [3.63, 3.8) is 0 Å². The fourth-order valence-electron chi connectivity index (χ4n) is 3.85. The van der Waals surface area contributed by atoms with Crippen molar-refractivity contribution in [1.29, 1.82) is 0 Å². The van der Waals surface area contributed by atoms with Gasteiger partial charge in [0.15, 0.2) is 0 Å². The molecule has 0 saturated carbocycles. The number of rotatable bonds is 5. The minimum Gasteiger partial charge on any atom is -0.324 e. The quantitative estimate of drug-likeness (QED) is 0.570. The Labute approximate surface area is 177 Å². The van der Waals surface area contributed by atoms with Crippen LogP contribution in [0.4, 0.5) is 11.4 Å². The number of allylic oxidation sites excluding steroid dienone is 2. The standard InChI is InChI=1S/C22H21N3O4S/c1-13(25-21(28)16-8-2-3-9-17(16)22(25)29)19(26)23-14-6-4-7-15(12-14)24-20(27)18-10-5-11-30-18/h2-7,10-13,16-17H,8-9H2,1H3,(H,23,26)(H,24,27)/t13-,16+,17+/m1/s1. The van der Waals surface area contributed by atoms with Gasteiger partial charge in [-0.15, -0.1) is 11.3 Å². The van der Waals surface area contributed by atoms with Crippen molar-refractivity contribution < 1.29 is 19.2 Å². The molecule has 30 heavy (non-hydrogen) atoms. The zero-order valence-corrected chi connectivity index (χ0v) is 17.1. The van der Waals surface area contributed by atoms with E-state index in [9.17, 15) is 19.2 Å². The van der Waals surface area contributed by atoms with Gasteiger partial charge in [-0.1, -0.05) is 24.3 Å². The molecule has 2 aromatic rings. The molecule has 2 N–H and O–H groups in total. The molecule has 0 unspecified atom stereocenters. The van der Waals surface area contributed by atoms with Gasteiger partial charge in [-0.05, 0) is 49.4 Å². The van der Waals surface area contributed by atoms with E-state index in [0.717, 1.165) is 4.90 Å². The average Bonchev–Trinajstić information content (AvgIpc) is 3.36. The van der Waals surface area contributed by atoms with Gasteiger partial charge in [-0.3, -0.25) is 24.1 Å². The van der Waals surface area contributed by atoms with E-state index in [-0.39, 0.29) is 29.6 Å². The fourth-order valence-corrected chi connectivity index (χ4v) is 4.47. The molecule has 154 valence electrons. The summed E-state index contributed by atoms with van der Waals surface area (Å²) in [4.78, 5) is 52.0. The Morgan fingerprint density at radius 3 is 2.23 bits per heavy atom. The predicted molar refractivity (Wildman–Crippen MR) is 114 cm³/mol. The first-order chi connectivity index (χ1) is 14.5. The molecule has 1 fully saturated rings. The summed E-state index contributed by atoms with van der Waals surface area (Å²) in [5, 5.41) is 7.34. The number of carbonyl (C=O) groups is 4. The maximum Gasteiger partial charge on any atom is 0.265 e. The van der Waals surface area contributed by atoms with E-state index in [1.165, 1.54) is 11.3 Å². The Morgan fingerprint density at radius 1 is 1.00 bits per heavy atom. The van der Waals surface area contributed by atoms with Crippen LogP contribution in [0.1, 0.15) is 29.4 Å². The first-order valence-electron chi connectivity index (χ1n) is 9.73. The highest BCUT2D eigenvalue weighted by Crippen LogP contribution is 2.36. The third kappa shape index (κ3) is 3.78. The molecule has 8 heteroatoms. The number of fused-ring (bicyclic) bond motifs is 1. The Hall–Kier alpha value is -3.26. The van der Waals surface area contributed by atoms with Crippen LogP contribution in [0.15, 0.2) is 53.9 Å². The second-order valence-electron chi connectivity index (χ2n) is 7.38. The predicted octanol–water partition coefficient (Wildman–Crippen LogP) is 3.28. The van der Waals surface area contributed by atoms with Crippen molar-refractivity contribution in [2.75, 3.05) is 10.6 Å². The number of thiophene rings is 1. The maximum absolute atomic E-state index is 12.8. The van der Waals surface area contributed by atoms with Crippen LogP contribution < -0.4 is 10.6 Å². The van der Waals surface area contributed by atoms with Gasteiger partial charge in [-0.25, -0.2) is 0 Å². The third-order valence-corrected chi connectivity index (χ3v) is 6.31. The highest BCUT2D eigenvalue weighted by molar-refractivity contribution is 7.12. The summed E-state index contributed by atoms with van der Waals surface area (Å²) in [6, 6.07) is 9.35. The Kier molecular flexibility index (Phi) is 5.50. The molecule has 4 amide bonds. The number of anilines is 2. The Balaban J connectivity index is 1.43.